The molecule has 0 unspecified atom stereocenters. The molecule has 0 aliphatic carbocycles. The van der Waals surface area contributed by atoms with Crippen LogP contribution >= 0.6 is 11.6 Å². The van der Waals surface area contributed by atoms with E-state index in [1.54, 1.807) is 0 Å². The highest BCUT2D eigenvalue weighted by Crippen LogP contribution is 2.22. The van der Waals surface area contributed by atoms with Crippen molar-refractivity contribution in [2.75, 3.05) is 5.32 Å². The van der Waals surface area contributed by atoms with E-state index in [9.17, 15) is 13.6 Å². The number of hydrogen-bond acceptors (Lipinski definition) is 1. The second-order valence-electron chi connectivity index (χ2n) is 2.44. The molecular formula is C8H6ClF2NO. The topological polar surface area (TPSA) is 29.1 Å². The van der Waals surface area contributed by atoms with Crippen LogP contribution in [0, 0.1) is 11.6 Å². The Morgan fingerprint density at radius 2 is 1.85 bits per heavy atom. The summed E-state index contributed by atoms with van der Waals surface area (Å²) in [7, 11) is 0. The predicted octanol–water partition coefficient (Wildman–Crippen LogP) is 2.58. The van der Waals surface area contributed by atoms with Crippen LogP contribution in [0.4, 0.5) is 14.5 Å². The van der Waals surface area contributed by atoms with E-state index in [0.717, 1.165) is 12.1 Å². The smallest absolute Gasteiger partial charge is 0.221 e. The molecule has 2 nitrogen and oxygen atoms in total. The van der Waals surface area contributed by atoms with E-state index >= 15 is 0 Å². The van der Waals surface area contributed by atoms with Gasteiger partial charge in [0.2, 0.25) is 5.91 Å². The van der Waals surface area contributed by atoms with Crippen molar-refractivity contribution in [3.05, 3.63) is 28.8 Å². The molecule has 0 spiro atoms. The van der Waals surface area contributed by atoms with E-state index in [2.05, 4.69) is 5.32 Å². The van der Waals surface area contributed by atoms with Gasteiger partial charge in [0.05, 0.1) is 0 Å². The molecule has 0 aliphatic rings. The normalized spacial score (nSPS) is 9.85. The summed E-state index contributed by atoms with van der Waals surface area (Å²) in [5.41, 5.74) is 0.0481. The fourth-order valence-corrected chi connectivity index (χ4v) is 0.940. The van der Waals surface area contributed by atoms with Crippen LogP contribution < -0.4 is 5.32 Å². The first kappa shape index (κ1) is 9.92. The maximum absolute atomic E-state index is 12.8. The summed E-state index contributed by atoms with van der Waals surface area (Å²) >= 11 is 5.22. The zero-order valence-electron chi connectivity index (χ0n) is 6.70. The Kier molecular flexibility index (Phi) is 2.83. The number of carbonyl (C=O) groups is 1. The highest BCUT2D eigenvalue weighted by molar-refractivity contribution is 6.31. The SMILES string of the molecule is CC(=O)Nc1cc(F)c(Cl)c(F)c1. The van der Waals surface area contributed by atoms with E-state index in [1.165, 1.54) is 6.92 Å². The Bertz CT molecular complexity index is 331. The van der Waals surface area contributed by atoms with Gasteiger partial charge in [-0.2, -0.15) is 0 Å². The number of benzene rings is 1. The van der Waals surface area contributed by atoms with Gasteiger partial charge in [-0.05, 0) is 12.1 Å². The first-order valence-corrected chi connectivity index (χ1v) is 3.80. The Hall–Kier alpha value is -1.16. The van der Waals surface area contributed by atoms with E-state index in [4.69, 9.17) is 11.6 Å². The first-order chi connectivity index (χ1) is 6.00. The van der Waals surface area contributed by atoms with Crippen molar-refractivity contribution in [1.82, 2.24) is 0 Å². The summed E-state index contributed by atoms with van der Waals surface area (Å²) in [6, 6.07) is 1.90. The molecule has 70 valence electrons. The largest absolute Gasteiger partial charge is 0.326 e. The highest BCUT2D eigenvalue weighted by atomic mass is 35.5. The second kappa shape index (κ2) is 3.70. The zero-order chi connectivity index (χ0) is 10.0. The summed E-state index contributed by atoms with van der Waals surface area (Å²) < 4.78 is 25.5. The minimum absolute atomic E-state index is 0.0481. The number of rotatable bonds is 1. The molecular weight excluding hydrogens is 200 g/mol. The van der Waals surface area contributed by atoms with E-state index in [1.807, 2.05) is 0 Å². The van der Waals surface area contributed by atoms with Crippen molar-refractivity contribution in [3.63, 3.8) is 0 Å². The van der Waals surface area contributed by atoms with Gasteiger partial charge >= 0.3 is 0 Å². The average molecular weight is 206 g/mol. The van der Waals surface area contributed by atoms with Crippen LogP contribution in [0.25, 0.3) is 0 Å². The molecule has 0 bridgehead atoms. The van der Waals surface area contributed by atoms with Crippen LogP contribution in [0.1, 0.15) is 6.92 Å². The number of carbonyl (C=O) groups excluding carboxylic acids is 1. The van der Waals surface area contributed by atoms with Gasteiger partial charge in [0.25, 0.3) is 0 Å². The summed E-state index contributed by atoms with van der Waals surface area (Å²) in [6.45, 7) is 1.24. The number of anilines is 1. The molecule has 1 amide bonds. The molecule has 13 heavy (non-hydrogen) atoms. The molecule has 0 atom stereocenters. The van der Waals surface area contributed by atoms with Crippen LogP contribution in [-0.4, -0.2) is 5.91 Å². The maximum Gasteiger partial charge on any atom is 0.221 e. The molecule has 0 saturated carbocycles. The summed E-state index contributed by atoms with van der Waals surface area (Å²) in [4.78, 5) is 10.5. The Balaban J connectivity index is 3.06. The van der Waals surface area contributed by atoms with Crippen LogP contribution in [0.15, 0.2) is 12.1 Å². The molecule has 0 heterocycles. The van der Waals surface area contributed by atoms with Crippen molar-refractivity contribution in [2.45, 2.75) is 6.92 Å². The van der Waals surface area contributed by atoms with E-state index < -0.39 is 22.6 Å². The minimum Gasteiger partial charge on any atom is -0.326 e. The molecule has 1 rings (SSSR count). The second-order valence-corrected chi connectivity index (χ2v) is 2.81. The predicted molar refractivity (Wildman–Crippen MR) is 45.7 cm³/mol. The summed E-state index contributed by atoms with van der Waals surface area (Å²) in [6.07, 6.45) is 0. The Morgan fingerprint density at radius 3 is 2.23 bits per heavy atom. The van der Waals surface area contributed by atoms with Gasteiger partial charge < -0.3 is 5.32 Å². The van der Waals surface area contributed by atoms with Crippen LogP contribution in [0.2, 0.25) is 5.02 Å². The van der Waals surface area contributed by atoms with Crippen LogP contribution in [0.3, 0.4) is 0 Å². The molecule has 0 saturated heterocycles. The van der Waals surface area contributed by atoms with Crippen molar-refractivity contribution >= 4 is 23.2 Å². The number of nitrogens with one attached hydrogen (secondary N) is 1. The standard InChI is InChI=1S/C8H6ClF2NO/c1-4(13)12-5-2-6(10)8(9)7(11)3-5/h2-3H,1H3,(H,12,13). The lowest BCUT2D eigenvalue weighted by Crippen LogP contribution is -2.06. The molecule has 1 N–H and O–H groups in total. The van der Waals surface area contributed by atoms with Crippen molar-refractivity contribution in [1.29, 1.82) is 0 Å². The average Bonchev–Trinajstić information content (AvgIpc) is 1.98. The fraction of sp³-hybridized carbons (Fsp3) is 0.125. The van der Waals surface area contributed by atoms with Crippen LogP contribution in [0.5, 0.6) is 0 Å². The lowest BCUT2D eigenvalue weighted by molar-refractivity contribution is -0.114. The molecule has 0 aliphatic heterocycles. The fourth-order valence-electron chi connectivity index (χ4n) is 0.831. The number of halogens is 3. The van der Waals surface area contributed by atoms with E-state index in [0.29, 0.717) is 0 Å². The van der Waals surface area contributed by atoms with Crippen molar-refractivity contribution in [3.8, 4) is 0 Å². The highest BCUT2D eigenvalue weighted by Gasteiger charge is 2.08. The van der Waals surface area contributed by atoms with Gasteiger partial charge in [-0.25, -0.2) is 8.78 Å². The van der Waals surface area contributed by atoms with Gasteiger partial charge in [-0.15, -0.1) is 0 Å². The third kappa shape index (κ3) is 2.39. The minimum atomic E-state index is -0.898. The lowest BCUT2D eigenvalue weighted by atomic mass is 10.3. The van der Waals surface area contributed by atoms with Crippen LogP contribution in [-0.2, 0) is 4.79 Å². The van der Waals surface area contributed by atoms with Gasteiger partial charge in [0.15, 0.2) is 0 Å². The van der Waals surface area contributed by atoms with Gasteiger partial charge in [-0.1, -0.05) is 11.6 Å². The molecule has 1 aromatic rings. The quantitative estimate of drug-likeness (QED) is 0.702. The number of amides is 1. The Morgan fingerprint density at radius 1 is 1.38 bits per heavy atom. The monoisotopic (exact) mass is 205 g/mol. The van der Waals surface area contributed by atoms with Crippen molar-refractivity contribution in [2.24, 2.45) is 0 Å². The zero-order valence-corrected chi connectivity index (χ0v) is 7.45. The maximum atomic E-state index is 12.8. The molecule has 5 heteroatoms. The third-order valence-electron chi connectivity index (χ3n) is 1.30. The molecule has 0 aromatic heterocycles. The third-order valence-corrected chi connectivity index (χ3v) is 1.67. The lowest BCUT2D eigenvalue weighted by Gasteiger charge is -2.03. The van der Waals surface area contributed by atoms with Crippen molar-refractivity contribution < 1.29 is 13.6 Å². The Labute approximate surface area is 78.5 Å². The summed E-state index contributed by atoms with van der Waals surface area (Å²) in [5, 5.41) is 1.66. The first-order valence-electron chi connectivity index (χ1n) is 3.43. The van der Waals surface area contributed by atoms with Gasteiger partial charge in [-0.3, -0.25) is 4.79 Å². The summed E-state index contributed by atoms with van der Waals surface area (Å²) in [5.74, 6) is -2.20. The van der Waals surface area contributed by atoms with Gasteiger partial charge in [0, 0.05) is 12.6 Å². The molecule has 1 aromatic carbocycles. The molecule has 0 radical (unpaired) electrons. The van der Waals surface area contributed by atoms with Gasteiger partial charge in [0.1, 0.15) is 16.7 Å². The van der Waals surface area contributed by atoms with E-state index in [-0.39, 0.29) is 5.69 Å². The molecule has 0 fully saturated rings. The number of hydrogen-bond donors (Lipinski definition) is 1.